The molecule has 0 aliphatic rings. The summed E-state index contributed by atoms with van der Waals surface area (Å²) in [5, 5.41) is 0.384. The quantitative estimate of drug-likeness (QED) is 0.668. The molecule has 112 valence electrons. The number of ether oxygens (including phenoxy) is 1. The lowest BCUT2D eigenvalue weighted by Crippen LogP contribution is -2.26. The number of ketones is 1. The predicted octanol–water partition coefficient (Wildman–Crippen LogP) is 3.64. The average molecular weight is 297 g/mol. The van der Waals surface area contributed by atoms with Gasteiger partial charge in [-0.05, 0) is 11.0 Å². The molecule has 1 heterocycles. The molecule has 0 fully saturated rings. The summed E-state index contributed by atoms with van der Waals surface area (Å²) in [6, 6.07) is 0. The molecule has 0 aromatic carbocycles. The molecule has 0 amide bonds. The van der Waals surface area contributed by atoms with Crippen molar-refractivity contribution in [3.63, 3.8) is 0 Å². The summed E-state index contributed by atoms with van der Waals surface area (Å²) in [5.74, 6) is -0.495. The van der Waals surface area contributed by atoms with E-state index < -0.39 is 11.4 Å². The van der Waals surface area contributed by atoms with Crippen molar-refractivity contribution in [2.45, 2.75) is 47.0 Å². The Morgan fingerprint density at radius 3 is 1.95 bits per heavy atom. The fraction of sp³-hybridized carbons (Fsp3) is 0.600. The Labute approximate surface area is 124 Å². The maximum Gasteiger partial charge on any atom is 0.348 e. The highest BCUT2D eigenvalue weighted by atomic mass is 32.1. The molecule has 5 heteroatoms. The van der Waals surface area contributed by atoms with Crippen molar-refractivity contribution in [1.29, 1.82) is 0 Å². The van der Waals surface area contributed by atoms with Gasteiger partial charge in [0.1, 0.15) is 4.88 Å². The van der Waals surface area contributed by atoms with E-state index in [2.05, 4.69) is 0 Å². The largest absolute Gasteiger partial charge is 0.465 e. The van der Waals surface area contributed by atoms with E-state index in [0.29, 0.717) is 21.0 Å². The third kappa shape index (κ3) is 3.03. The number of rotatable bonds is 2. The van der Waals surface area contributed by atoms with Crippen molar-refractivity contribution in [2.75, 3.05) is 12.8 Å². The molecule has 0 bridgehead atoms. The SMILES string of the molecule is COC(=O)c1sc(N)c(C(=O)C(C)(C)C)c1C(C)(C)C. The topological polar surface area (TPSA) is 69.4 Å². The van der Waals surface area contributed by atoms with E-state index in [1.165, 1.54) is 7.11 Å². The first-order valence-electron chi connectivity index (χ1n) is 6.47. The maximum absolute atomic E-state index is 12.7. The summed E-state index contributed by atoms with van der Waals surface area (Å²) in [7, 11) is 1.33. The summed E-state index contributed by atoms with van der Waals surface area (Å²) in [6.45, 7) is 11.4. The molecule has 0 unspecified atom stereocenters. The lowest BCUT2D eigenvalue weighted by molar-refractivity contribution is 0.0603. The third-order valence-corrected chi connectivity index (χ3v) is 3.96. The van der Waals surface area contributed by atoms with Gasteiger partial charge >= 0.3 is 5.97 Å². The molecule has 1 aromatic rings. The first-order chi connectivity index (χ1) is 8.91. The standard InChI is InChI=1S/C15H23NO3S/c1-14(2,3)9-8(11(17)15(4,5)6)12(16)20-10(9)13(18)19-7/h16H2,1-7H3. The number of methoxy groups -OCH3 is 1. The molecule has 0 saturated carbocycles. The van der Waals surface area contributed by atoms with E-state index >= 15 is 0 Å². The summed E-state index contributed by atoms with van der Waals surface area (Å²) < 4.78 is 4.81. The number of nitrogen functional groups attached to an aromatic ring is 1. The fourth-order valence-electron chi connectivity index (χ4n) is 2.00. The van der Waals surface area contributed by atoms with Crippen LogP contribution < -0.4 is 5.73 Å². The Balaban J connectivity index is 3.65. The van der Waals surface area contributed by atoms with Crippen LogP contribution in [0.3, 0.4) is 0 Å². The number of hydrogen-bond donors (Lipinski definition) is 1. The van der Waals surface area contributed by atoms with Crippen molar-refractivity contribution in [3.8, 4) is 0 Å². The van der Waals surface area contributed by atoms with Crippen molar-refractivity contribution in [2.24, 2.45) is 5.41 Å². The minimum Gasteiger partial charge on any atom is -0.465 e. The molecule has 1 aromatic heterocycles. The molecule has 4 nitrogen and oxygen atoms in total. The van der Waals surface area contributed by atoms with Gasteiger partial charge in [-0.1, -0.05) is 41.5 Å². The number of carbonyl (C=O) groups is 2. The normalized spacial score (nSPS) is 12.3. The van der Waals surface area contributed by atoms with Crippen LogP contribution in [0, 0.1) is 5.41 Å². The van der Waals surface area contributed by atoms with E-state index in [0.717, 1.165) is 11.3 Å². The summed E-state index contributed by atoms with van der Waals surface area (Å²) in [6.07, 6.45) is 0. The van der Waals surface area contributed by atoms with Crippen molar-refractivity contribution >= 4 is 28.1 Å². The number of Topliss-reactive ketones (excluding diaryl/α,β-unsaturated/α-hetero) is 1. The number of thiophene rings is 1. The third-order valence-electron chi connectivity index (χ3n) is 2.96. The second kappa shape index (κ2) is 5.20. The number of nitrogens with two attached hydrogens (primary N) is 1. The second-order valence-corrected chi connectivity index (χ2v) is 7.92. The number of carbonyl (C=O) groups excluding carboxylic acids is 2. The van der Waals surface area contributed by atoms with Gasteiger partial charge in [0.15, 0.2) is 5.78 Å². The van der Waals surface area contributed by atoms with Crippen LogP contribution in [0.15, 0.2) is 0 Å². The highest BCUT2D eigenvalue weighted by molar-refractivity contribution is 7.18. The molecule has 0 radical (unpaired) electrons. The van der Waals surface area contributed by atoms with E-state index in [1.807, 2.05) is 41.5 Å². The Morgan fingerprint density at radius 2 is 1.60 bits per heavy atom. The highest BCUT2D eigenvalue weighted by Gasteiger charge is 2.36. The summed E-state index contributed by atoms with van der Waals surface area (Å²) in [4.78, 5) is 25.0. The lowest BCUT2D eigenvalue weighted by Gasteiger charge is -2.24. The van der Waals surface area contributed by atoms with Crippen LogP contribution in [0.5, 0.6) is 0 Å². The van der Waals surface area contributed by atoms with Crippen LogP contribution >= 0.6 is 11.3 Å². The van der Waals surface area contributed by atoms with E-state index in [9.17, 15) is 9.59 Å². The van der Waals surface area contributed by atoms with Gasteiger partial charge in [-0.15, -0.1) is 11.3 Å². The zero-order chi connectivity index (χ0) is 15.9. The second-order valence-electron chi connectivity index (χ2n) is 6.87. The van der Waals surface area contributed by atoms with Crippen molar-refractivity contribution < 1.29 is 14.3 Å². The van der Waals surface area contributed by atoms with Gasteiger partial charge in [0.25, 0.3) is 0 Å². The number of esters is 1. The molecular formula is C15H23NO3S. The van der Waals surface area contributed by atoms with Crippen molar-refractivity contribution in [1.82, 2.24) is 0 Å². The molecule has 1 rings (SSSR count). The van der Waals surface area contributed by atoms with Crippen LogP contribution in [0.1, 0.15) is 67.1 Å². The minimum atomic E-state index is -0.553. The predicted molar refractivity (Wildman–Crippen MR) is 82.6 cm³/mol. The molecule has 0 aliphatic heterocycles. The summed E-state index contributed by atoms with van der Waals surface area (Å²) in [5.41, 5.74) is 6.25. The lowest BCUT2D eigenvalue weighted by atomic mass is 9.78. The molecule has 0 aliphatic carbocycles. The Bertz CT molecular complexity index is 545. The number of hydrogen-bond acceptors (Lipinski definition) is 5. The van der Waals surface area contributed by atoms with Gasteiger partial charge in [0, 0.05) is 5.41 Å². The van der Waals surface area contributed by atoms with Crippen LogP contribution in [0.25, 0.3) is 0 Å². The zero-order valence-electron chi connectivity index (χ0n) is 13.2. The summed E-state index contributed by atoms with van der Waals surface area (Å²) >= 11 is 1.13. The monoisotopic (exact) mass is 297 g/mol. The van der Waals surface area contributed by atoms with Gasteiger partial charge < -0.3 is 10.5 Å². The Kier molecular flexibility index (Phi) is 4.34. The van der Waals surface area contributed by atoms with Crippen LogP contribution in [-0.2, 0) is 10.2 Å². The first-order valence-corrected chi connectivity index (χ1v) is 7.28. The minimum absolute atomic E-state index is 0.0497. The van der Waals surface area contributed by atoms with Gasteiger partial charge in [-0.3, -0.25) is 4.79 Å². The maximum atomic E-state index is 12.7. The molecule has 0 spiro atoms. The van der Waals surface area contributed by atoms with Crippen LogP contribution in [0.4, 0.5) is 5.00 Å². The van der Waals surface area contributed by atoms with Crippen molar-refractivity contribution in [3.05, 3.63) is 16.0 Å². The van der Waals surface area contributed by atoms with E-state index in [4.69, 9.17) is 10.5 Å². The molecule has 0 atom stereocenters. The van der Waals surface area contributed by atoms with E-state index in [1.54, 1.807) is 0 Å². The zero-order valence-corrected chi connectivity index (χ0v) is 14.0. The molecule has 0 saturated heterocycles. The molecular weight excluding hydrogens is 274 g/mol. The Morgan fingerprint density at radius 1 is 1.10 bits per heavy atom. The number of anilines is 1. The van der Waals surface area contributed by atoms with Crippen LogP contribution in [-0.4, -0.2) is 18.9 Å². The smallest absolute Gasteiger partial charge is 0.348 e. The van der Waals surface area contributed by atoms with Gasteiger partial charge in [-0.2, -0.15) is 0 Å². The first kappa shape index (κ1) is 16.7. The molecule has 20 heavy (non-hydrogen) atoms. The highest BCUT2D eigenvalue weighted by Crippen LogP contribution is 2.42. The van der Waals surface area contributed by atoms with Crippen LogP contribution in [0.2, 0.25) is 0 Å². The average Bonchev–Trinajstić information content (AvgIpc) is 2.63. The van der Waals surface area contributed by atoms with Gasteiger partial charge in [0.05, 0.1) is 17.7 Å². The van der Waals surface area contributed by atoms with E-state index in [-0.39, 0.29) is 11.2 Å². The Hall–Kier alpha value is -1.36. The van der Waals surface area contributed by atoms with Gasteiger partial charge in [0.2, 0.25) is 0 Å². The fourth-order valence-corrected chi connectivity index (χ4v) is 3.19. The van der Waals surface area contributed by atoms with Gasteiger partial charge in [-0.25, -0.2) is 4.79 Å². The molecule has 2 N–H and O–H groups in total.